The van der Waals surface area contributed by atoms with E-state index >= 15 is 0 Å². The van der Waals surface area contributed by atoms with Crippen molar-refractivity contribution in [1.82, 2.24) is 9.80 Å². The summed E-state index contributed by atoms with van der Waals surface area (Å²) >= 11 is 0. The minimum Gasteiger partial charge on any atom is -0.493 e. The number of anilines is 2. The predicted molar refractivity (Wildman–Crippen MR) is 130 cm³/mol. The zero-order chi connectivity index (χ0) is 22.5. The smallest absolute Gasteiger partial charge is 0.225 e. The average molecular weight is 451 g/mol. The topological polar surface area (TPSA) is 57.3 Å². The van der Waals surface area contributed by atoms with Crippen LogP contribution in [0.4, 0.5) is 11.4 Å². The van der Waals surface area contributed by atoms with Gasteiger partial charge in [0.2, 0.25) is 5.91 Å². The van der Waals surface area contributed by atoms with Crippen molar-refractivity contribution in [2.75, 3.05) is 75.9 Å². The molecule has 0 aliphatic carbocycles. The van der Waals surface area contributed by atoms with E-state index in [-0.39, 0.29) is 5.91 Å². The molecule has 0 radical (unpaired) electrons. The Labute approximate surface area is 196 Å². The SMILES string of the molecule is O=C(CCN1CCN(Cc2ccc3c(c2)CCO3)CC1)Nc1ccc(N2CCOCC2)cc1. The highest BCUT2D eigenvalue weighted by atomic mass is 16.5. The van der Waals surface area contributed by atoms with E-state index < -0.39 is 0 Å². The minimum absolute atomic E-state index is 0.0805. The molecule has 3 aliphatic heterocycles. The quantitative estimate of drug-likeness (QED) is 0.700. The summed E-state index contributed by atoms with van der Waals surface area (Å²) in [4.78, 5) is 19.7. The molecular formula is C26H34N4O3. The van der Waals surface area contributed by atoms with Gasteiger partial charge in [-0.1, -0.05) is 12.1 Å². The van der Waals surface area contributed by atoms with Gasteiger partial charge in [-0.05, 0) is 41.5 Å². The molecule has 5 rings (SSSR count). The van der Waals surface area contributed by atoms with Crippen LogP contribution in [0.1, 0.15) is 17.5 Å². The van der Waals surface area contributed by atoms with Gasteiger partial charge in [0.25, 0.3) is 0 Å². The minimum atomic E-state index is 0.0805. The maximum absolute atomic E-state index is 12.5. The molecule has 7 nitrogen and oxygen atoms in total. The summed E-state index contributed by atoms with van der Waals surface area (Å²) in [7, 11) is 0. The van der Waals surface area contributed by atoms with Crippen LogP contribution in [0.3, 0.4) is 0 Å². The van der Waals surface area contributed by atoms with E-state index in [4.69, 9.17) is 9.47 Å². The molecule has 0 saturated carbocycles. The van der Waals surface area contributed by atoms with E-state index in [0.717, 1.165) is 90.0 Å². The molecule has 176 valence electrons. The fourth-order valence-corrected chi connectivity index (χ4v) is 4.83. The number of ether oxygens (including phenoxy) is 2. The highest BCUT2D eigenvalue weighted by molar-refractivity contribution is 5.91. The maximum Gasteiger partial charge on any atom is 0.225 e. The summed E-state index contributed by atoms with van der Waals surface area (Å²) in [5, 5.41) is 3.04. The van der Waals surface area contributed by atoms with Gasteiger partial charge in [-0.2, -0.15) is 0 Å². The molecule has 33 heavy (non-hydrogen) atoms. The number of nitrogens with one attached hydrogen (secondary N) is 1. The number of carbonyl (C=O) groups is 1. The first-order valence-electron chi connectivity index (χ1n) is 12.1. The van der Waals surface area contributed by atoms with Gasteiger partial charge in [0.15, 0.2) is 0 Å². The van der Waals surface area contributed by atoms with E-state index in [9.17, 15) is 4.79 Å². The Bertz CT molecular complexity index is 935. The molecule has 1 amide bonds. The number of nitrogens with zero attached hydrogens (tertiary/aromatic N) is 3. The molecular weight excluding hydrogens is 416 g/mol. The lowest BCUT2D eigenvalue weighted by molar-refractivity contribution is -0.116. The van der Waals surface area contributed by atoms with Gasteiger partial charge in [0, 0.05) is 76.6 Å². The Morgan fingerprint density at radius 1 is 0.879 bits per heavy atom. The van der Waals surface area contributed by atoms with Crippen LogP contribution in [-0.4, -0.2) is 81.3 Å². The Morgan fingerprint density at radius 2 is 1.64 bits per heavy atom. The number of carbonyl (C=O) groups excluding carboxylic acids is 1. The third-order valence-corrected chi connectivity index (χ3v) is 6.81. The summed E-state index contributed by atoms with van der Waals surface area (Å²) in [5.41, 5.74) is 4.75. The number of hydrogen-bond acceptors (Lipinski definition) is 6. The van der Waals surface area contributed by atoms with Crippen molar-refractivity contribution in [3.8, 4) is 5.75 Å². The molecule has 0 bridgehead atoms. The predicted octanol–water partition coefficient (Wildman–Crippen LogP) is 2.60. The largest absolute Gasteiger partial charge is 0.493 e. The number of benzene rings is 2. The number of amides is 1. The van der Waals surface area contributed by atoms with Crippen molar-refractivity contribution < 1.29 is 14.3 Å². The second-order valence-electron chi connectivity index (χ2n) is 9.10. The first kappa shape index (κ1) is 22.2. The monoisotopic (exact) mass is 450 g/mol. The second-order valence-corrected chi connectivity index (χ2v) is 9.10. The van der Waals surface area contributed by atoms with Gasteiger partial charge in [-0.25, -0.2) is 0 Å². The molecule has 2 saturated heterocycles. The lowest BCUT2D eigenvalue weighted by Crippen LogP contribution is -2.46. The summed E-state index contributed by atoms with van der Waals surface area (Å²) < 4.78 is 11.0. The third-order valence-electron chi connectivity index (χ3n) is 6.81. The Morgan fingerprint density at radius 3 is 2.42 bits per heavy atom. The van der Waals surface area contributed by atoms with E-state index in [2.05, 4.69) is 50.3 Å². The van der Waals surface area contributed by atoms with Gasteiger partial charge in [0.05, 0.1) is 19.8 Å². The summed E-state index contributed by atoms with van der Waals surface area (Å²) in [6, 6.07) is 14.7. The molecule has 0 aromatic heterocycles. The number of hydrogen-bond donors (Lipinski definition) is 1. The molecule has 0 spiro atoms. The van der Waals surface area contributed by atoms with E-state index in [1.807, 2.05) is 12.1 Å². The number of morpholine rings is 1. The van der Waals surface area contributed by atoms with Crippen molar-refractivity contribution >= 4 is 17.3 Å². The molecule has 2 aromatic rings. The van der Waals surface area contributed by atoms with Crippen LogP contribution in [0.15, 0.2) is 42.5 Å². The number of rotatable bonds is 7. The first-order valence-corrected chi connectivity index (χ1v) is 12.1. The third kappa shape index (κ3) is 5.85. The first-order chi connectivity index (χ1) is 16.2. The van der Waals surface area contributed by atoms with Crippen LogP contribution >= 0.6 is 0 Å². The molecule has 2 aromatic carbocycles. The fraction of sp³-hybridized carbons (Fsp3) is 0.500. The molecule has 0 atom stereocenters. The van der Waals surface area contributed by atoms with Crippen molar-refractivity contribution in [2.45, 2.75) is 19.4 Å². The number of fused-ring (bicyclic) bond motifs is 1. The van der Waals surface area contributed by atoms with Gasteiger partial charge in [-0.15, -0.1) is 0 Å². The fourth-order valence-electron chi connectivity index (χ4n) is 4.83. The molecule has 2 fully saturated rings. The zero-order valence-corrected chi connectivity index (χ0v) is 19.3. The number of piperazine rings is 1. The van der Waals surface area contributed by atoms with Crippen LogP contribution in [0.5, 0.6) is 5.75 Å². The Hall–Kier alpha value is -2.61. The van der Waals surface area contributed by atoms with Gasteiger partial charge < -0.3 is 24.6 Å². The van der Waals surface area contributed by atoms with Crippen molar-refractivity contribution in [2.24, 2.45) is 0 Å². The van der Waals surface area contributed by atoms with Crippen molar-refractivity contribution in [3.05, 3.63) is 53.6 Å². The molecule has 1 N–H and O–H groups in total. The van der Waals surface area contributed by atoms with Crippen LogP contribution in [0.2, 0.25) is 0 Å². The summed E-state index contributed by atoms with van der Waals surface area (Å²) in [5.74, 6) is 1.13. The standard InChI is InChI=1S/C26H34N4O3/c31-26(27-23-2-4-24(5-3-23)30-14-17-32-18-15-30)7-9-28-10-12-29(13-11-28)20-21-1-6-25-22(19-21)8-16-33-25/h1-6,19H,7-18,20H2,(H,27,31). The van der Waals surface area contributed by atoms with Gasteiger partial charge >= 0.3 is 0 Å². The average Bonchev–Trinajstić information content (AvgIpc) is 3.33. The van der Waals surface area contributed by atoms with Gasteiger partial charge in [0.1, 0.15) is 5.75 Å². The van der Waals surface area contributed by atoms with Crippen LogP contribution < -0.4 is 15.0 Å². The highest BCUT2D eigenvalue weighted by Gasteiger charge is 2.19. The lowest BCUT2D eigenvalue weighted by atomic mass is 10.1. The molecule has 7 heteroatoms. The van der Waals surface area contributed by atoms with Crippen LogP contribution in [0, 0.1) is 0 Å². The summed E-state index contributed by atoms with van der Waals surface area (Å²) in [6.45, 7) is 10.1. The van der Waals surface area contributed by atoms with Crippen LogP contribution in [-0.2, 0) is 22.5 Å². The maximum atomic E-state index is 12.5. The normalized spacial score (nSPS) is 19.2. The van der Waals surface area contributed by atoms with E-state index in [1.54, 1.807) is 0 Å². The van der Waals surface area contributed by atoms with E-state index in [0.29, 0.717) is 6.42 Å². The Balaban J connectivity index is 1.02. The zero-order valence-electron chi connectivity index (χ0n) is 19.3. The highest BCUT2D eigenvalue weighted by Crippen LogP contribution is 2.26. The van der Waals surface area contributed by atoms with Crippen molar-refractivity contribution in [1.29, 1.82) is 0 Å². The van der Waals surface area contributed by atoms with Gasteiger partial charge in [-0.3, -0.25) is 9.69 Å². The van der Waals surface area contributed by atoms with Crippen molar-refractivity contribution in [3.63, 3.8) is 0 Å². The molecule has 3 heterocycles. The lowest BCUT2D eigenvalue weighted by Gasteiger charge is -2.34. The second kappa shape index (κ2) is 10.5. The Kier molecular flexibility index (Phi) is 7.09. The molecule has 0 unspecified atom stereocenters. The van der Waals surface area contributed by atoms with E-state index in [1.165, 1.54) is 16.8 Å². The van der Waals surface area contributed by atoms with Crippen LogP contribution in [0.25, 0.3) is 0 Å². The molecule has 3 aliphatic rings. The summed E-state index contributed by atoms with van der Waals surface area (Å²) in [6.07, 6.45) is 1.55.